The van der Waals surface area contributed by atoms with Crippen molar-refractivity contribution in [3.8, 4) is 5.75 Å². The van der Waals surface area contributed by atoms with Crippen molar-refractivity contribution in [1.29, 1.82) is 0 Å². The highest BCUT2D eigenvalue weighted by atomic mass is 16.5. The summed E-state index contributed by atoms with van der Waals surface area (Å²) in [7, 11) is 1.56. The van der Waals surface area contributed by atoms with Crippen LogP contribution in [0.2, 0.25) is 0 Å². The number of carbonyl (C=O) groups is 3. The Kier molecular flexibility index (Phi) is 6.55. The molecule has 7 nitrogen and oxygen atoms in total. The number of rotatable bonds is 7. The molecule has 3 aromatic rings. The molecule has 0 aliphatic rings. The van der Waals surface area contributed by atoms with Crippen LogP contribution in [0, 0.1) is 13.8 Å². The van der Waals surface area contributed by atoms with Crippen LogP contribution in [-0.4, -0.2) is 29.8 Å². The van der Waals surface area contributed by atoms with E-state index in [2.05, 4.69) is 10.3 Å². The van der Waals surface area contributed by atoms with E-state index in [0.29, 0.717) is 33.8 Å². The van der Waals surface area contributed by atoms with E-state index >= 15 is 0 Å². The Labute approximate surface area is 180 Å². The van der Waals surface area contributed by atoms with Crippen molar-refractivity contribution in [1.82, 2.24) is 4.98 Å². The zero-order valence-electron chi connectivity index (χ0n) is 17.8. The molecule has 1 heterocycles. The number of anilines is 1. The van der Waals surface area contributed by atoms with Crippen molar-refractivity contribution in [2.75, 3.05) is 12.4 Å². The van der Waals surface area contributed by atoms with Gasteiger partial charge in [-0.15, -0.1) is 0 Å². The zero-order chi connectivity index (χ0) is 22.5. The lowest BCUT2D eigenvalue weighted by Crippen LogP contribution is -2.26. The third-order valence-electron chi connectivity index (χ3n) is 4.92. The Balaban J connectivity index is 1.87. The number of aryl methyl sites for hydroxylation is 1. The smallest absolute Gasteiger partial charge is 0.356 e. The van der Waals surface area contributed by atoms with Gasteiger partial charge in [0.25, 0.3) is 5.91 Å². The van der Waals surface area contributed by atoms with Crippen molar-refractivity contribution >= 4 is 23.3 Å². The van der Waals surface area contributed by atoms with Gasteiger partial charge in [-0.05, 0) is 50.6 Å². The summed E-state index contributed by atoms with van der Waals surface area (Å²) < 4.78 is 10.7. The lowest BCUT2D eigenvalue weighted by Gasteiger charge is -2.18. The Bertz CT molecular complexity index is 1100. The summed E-state index contributed by atoms with van der Waals surface area (Å²) in [4.78, 5) is 40.7. The van der Waals surface area contributed by atoms with Gasteiger partial charge in [0.05, 0.1) is 7.11 Å². The predicted molar refractivity (Wildman–Crippen MR) is 116 cm³/mol. The normalized spacial score (nSPS) is 11.5. The van der Waals surface area contributed by atoms with Gasteiger partial charge in [-0.1, -0.05) is 30.3 Å². The summed E-state index contributed by atoms with van der Waals surface area (Å²) >= 11 is 0. The minimum atomic E-state index is -1.18. The number of amides is 1. The Hall–Kier alpha value is -3.87. The summed E-state index contributed by atoms with van der Waals surface area (Å²) in [5, 5.41) is 2.76. The number of aromatic amines is 1. The molecule has 160 valence electrons. The maximum atomic E-state index is 13.0. The quantitative estimate of drug-likeness (QED) is 0.437. The Morgan fingerprint density at radius 3 is 2.16 bits per heavy atom. The molecule has 1 amide bonds. The number of methoxy groups -OCH3 is 1. The number of nitrogens with one attached hydrogen (secondary N) is 2. The third kappa shape index (κ3) is 4.83. The number of Topliss-reactive ketones (excluding diaryl/α,β-unsaturated/α-hetero) is 1. The molecule has 2 N–H and O–H groups in total. The molecule has 0 spiro atoms. The molecule has 0 bridgehead atoms. The molecule has 31 heavy (non-hydrogen) atoms. The fraction of sp³-hybridized carbons (Fsp3) is 0.208. The first-order valence-corrected chi connectivity index (χ1v) is 9.72. The average molecular weight is 420 g/mol. The minimum Gasteiger partial charge on any atom is -0.497 e. The van der Waals surface area contributed by atoms with E-state index in [1.165, 1.54) is 6.92 Å². The summed E-state index contributed by atoms with van der Waals surface area (Å²) in [5.41, 5.74) is 2.74. The number of carbonyl (C=O) groups excluding carboxylic acids is 3. The van der Waals surface area contributed by atoms with Gasteiger partial charge in [0.15, 0.2) is 5.78 Å². The van der Waals surface area contributed by atoms with Crippen LogP contribution in [0.3, 0.4) is 0 Å². The second-order valence-electron chi connectivity index (χ2n) is 7.09. The van der Waals surface area contributed by atoms with Crippen LogP contribution in [0.1, 0.15) is 50.7 Å². The number of benzene rings is 2. The molecule has 2 aromatic carbocycles. The highest BCUT2D eigenvalue weighted by Gasteiger charge is 2.28. The van der Waals surface area contributed by atoms with E-state index in [4.69, 9.17) is 9.47 Å². The molecule has 0 saturated heterocycles. The minimum absolute atomic E-state index is 0.151. The van der Waals surface area contributed by atoms with Crippen LogP contribution in [0.15, 0.2) is 54.6 Å². The number of hydrogen-bond donors (Lipinski definition) is 2. The molecular formula is C24H24N2O5. The number of H-pyrrole nitrogens is 1. The van der Waals surface area contributed by atoms with Crippen LogP contribution in [0.5, 0.6) is 5.75 Å². The predicted octanol–water partition coefficient (Wildman–Crippen LogP) is 4.38. The van der Waals surface area contributed by atoms with E-state index in [-0.39, 0.29) is 11.5 Å². The summed E-state index contributed by atoms with van der Waals surface area (Å²) in [6.45, 7) is 4.82. The van der Waals surface area contributed by atoms with Gasteiger partial charge in [-0.3, -0.25) is 9.59 Å². The van der Waals surface area contributed by atoms with E-state index in [1.807, 2.05) is 0 Å². The van der Waals surface area contributed by atoms with E-state index in [1.54, 1.807) is 75.6 Å². The first-order chi connectivity index (χ1) is 14.8. The number of ketones is 1. The molecular weight excluding hydrogens is 396 g/mol. The second-order valence-corrected chi connectivity index (χ2v) is 7.09. The number of aromatic nitrogens is 1. The maximum Gasteiger partial charge on any atom is 0.356 e. The van der Waals surface area contributed by atoms with Crippen molar-refractivity contribution in [2.45, 2.75) is 26.9 Å². The average Bonchev–Trinajstić information content (AvgIpc) is 3.07. The van der Waals surface area contributed by atoms with Gasteiger partial charge < -0.3 is 19.8 Å². The SMILES string of the molecule is COc1ccc(NC(=O)C(OC(=O)c2[nH]c(C)c(C(C)=O)c2C)c2ccccc2)cc1. The Morgan fingerprint density at radius 2 is 1.61 bits per heavy atom. The number of hydrogen-bond acceptors (Lipinski definition) is 5. The van der Waals surface area contributed by atoms with Crippen molar-refractivity contribution in [3.63, 3.8) is 0 Å². The van der Waals surface area contributed by atoms with E-state index < -0.39 is 18.0 Å². The lowest BCUT2D eigenvalue weighted by molar-refractivity contribution is -0.125. The van der Waals surface area contributed by atoms with E-state index in [0.717, 1.165) is 0 Å². The summed E-state index contributed by atoms with van der Waals surface area (Å²) in [5.74, 6) is -0.714. The fourth-order valence-corrected chi connectivity index (χ4v) is 3.43. The van der Waals surface area contributed by atoms with Gasteiger partial charge >= 0.3 is 5.97 Å². The van der Waals surface area contributed by atoms with Crippen molar-refractivity contribution in [3.05, 3.63) is 82.7 Å². The molecule has 0 fully saturated rings. The molecule has 0 radical (unpaired) electrons. The van der Waals surface area contributed by atoms with Gasteiger partial charge in [0.1, 0.15) is 11.4 Å². The van der Waals surface area contributed by atoms with Crippen molar-refractivity contribution < 1.29 is 23.9 Å². The van der Waals surface area contributed by atoms with Crippen LogP contribution in [0.25, 0.3) is 0 Å². The van der Waals surface area contributed by atoms with Crippen LogP contribution in [0.4, 0.5) is 5.69 Å². The zero-order valence-corrected chi connectivity index (χ0v) is 17.8. The topological polar surface area (TPSA) is 97.5 Å². The number of esters is 1. The monoisotopic (exact) mass is 420 g/mol. The highest BCUT2D eigenvalue weighted by Crippen LogP contribution is 2.25. The van der Waals surface area contributed by atoms with Crippen LogP contribution < -0.4 is 10.1 Å². The molecule has 1 unspecified atom stereocenters. The third-order valence-corrected chi connectivity index (χ3v) is 4.92. The molecule has 0 aliphatic carbocycles. The van der Waals surface area contributed by atoms with E-state index in [9.17, 15) is 14.4 Å². The molecule has 0 saturated carbocycles. The molecule has 7 heteroatoms. The fourth-order valence-electron chi connectivity index (χ4n) is 3.43. The van der Waals surface area contributed by atoms with Crippen LogP contribution in [-0.2, 0) is 9.53 Å². The number of ether oxygens (including phenoxy) is 2. The lowest BCUT2D eigenvalue weighted by atomic mass is 10.1. The Morgan fingerprint density at radius 1 is 0.968 bits per heavy atom. The first-order valence-electron chi connectivity index (χ1n) is 9.72. The largest absolute Gasteiger partial charge is 0.497 e. The van der Waals surface area contributed by atoms with Crippen molar-refractivity contribution in [2.24, 2.45) is 0 Å². The standard InChI is InChI=1S/C24H24N2O5/c1-14-20(16(3)27)15(2)25-21(14)24(29)31-22(17-8-6-5-7-9-17)23(28)26-18-10-12-19(30-4)13-11-18/h5-13,22,25H,1-4H3,(H,26,28). The van der Waals surface area contributed by atoms with Crippen LogP contribution >= 0.6 is 0 Å². The van der Waals surface area contributed by atoms with Gasteiger partial charge in [0.2, 0.25) is 6.10 Å². The van der Waals surface area contributed by atoms with Gasteiger partial charge in [-0.25, -0.2) is 4.79 Å². The summed E-state index contributed by atoms with van der Waals surface area (Å²) in [6, 6.07) is 15.6. The van der Waals surface area contributed by atoms with Gasteiger partial charge in [0, 0.05) is 22.5 Å². The molecule has 3 rings (SSSR count). The molecule has 0 aliphatic heterocycles. The first kappa shape index (κ1) is 21.8. The second kappa shape index (κ2) is 9.30. The maximum absolute atomic E-state index is 13.0. The molecule has 1 aromatic heterocycles. The summed E-state index contributed by atoms with van der Waals surface area (Å²) in [6.07, 6.45) is -1.18. The molecule has 1 atom stereocenters. The highest BCUT2D eigenvalue weighted by molar-refractivity contribution is 6.02. The van der Waals surface area contributed by atoms with Gasteiger partial charge in [-0.2, -0.15) is 0 Å².